The van der Waals surface area contributed by atoms with Crippen molar-refractivity contribution in [1.29, 1.82) is 0 Å². The Kier molecular flexibility index (Phi) is 7.49. The highest BCUT2D eigenvalue weighted by molar-refractivity contribution is 6.32. The van der Waals surface area contributed by atoms with E-state index in [0.29, 0.717) is 29.7 Å². The van der Waals surface area contributed by atoms with Gasteiger partial charge in [0.15, 0.2) is 17.5 Å². The van der Waals surface area contributed by atoms with Gasteiger partial charge in [0.05, 0.1) is 25.3 Å². The molecular formula is C17H28ClN3O2. The lowest BCUT2D eigenvalue weighted by Gasteiger charge is -2.23. The molecule has 0 atom stereocenters. The number of benzene rings is 1. The molecule has 5 nitrogen and oxygen atoms in total. The number of ether oxygens (including phenoxy) is 2. The molecule has 0 saturated heterocycles. The first-order chi connectivity index (χ1) is 10.8. The molecule has 6 heteroatoms. The van der Waals surface area contributed by atoms with E-state index in [9.17, 15) is 0 Å². The number of nitrogens with one attached hydrogen (secondary N) is 2. The first kappa shape index (κ1) is 19.4. The van der Waals surface area contributed by atoms with Gasteiger partial charge in [-0.1, -0.05) is 11.6 Å². The maximum absolute atomic E-state index is 6.29. The topological polar surface area (TPSA) is 54.9 Å². The molecule has 0 amide bonds. The largest absolute Gasteiger partial charge is 0.493 e. The van der Waals surface area contributed by atoms with E-state index >= 15 is 0 Å². The molecule has 23 heavy (non-hydrogen) atoms. The minimum Gasteiger partial charge on any atom is -0.493 e. The molecule has 0 aliphatic carbocycles. The molecule has 130 valence electrons. The summed E-state index contributed by atoms with van der Waals surface area (Å²) in [5.74, 6) is 1.96. The van der Waals surface area contributed by atoms with E-state index in [-0.39, 0.29) is 5.54 Å². The SMILES string of the molecule is CCNC(=NCc1cc(Cl)c(OCC)c(OC)c1)NC(C)(C)C. The average molecular weight is 342 g/mol. The molecule has 0 aliphatic rings. The van der Waals surface area contributed by atoms with E-state index in [0.717, 1.165) is 18.1 Å². The Morgan fingerprint density at radius 2 is 1.96 bits per heavy atom. The van der Waals surface area contributed by atoms with Crippen molar-refractivity contribution in [3.8, 4) is 11.5 Å². The monoisotopic (exact) mass is 341 g/mol. The van der Waals surface area contributed by atoms with Crippen LogP contribution < -0.4 is 20.1 Å². The maximum atomic E-state index is 6.29. The van der Waals surface area contributed by atoms with E-state index in [1.54, 1.807) is 7.11 Å². The molecule has 0 radical (unpaired) electrons. The number of rotatable bonds is 6. The molecule has 0 fully saturated rings. The molecule has 0 unspecified atom stereocenters. The van der Waals surface area contributed by atoms with Crippen LogP contribution in [0.15, 0.2) is 17.1 Å². The van der Waals surface area contributed by atoms with Crippen molar-refractivity contribution in [3.63, 3.8) is 0 Å². The van der Waals surface area contributed by atoms with E-state index in [1.807, 2.05) is 26.0 Å². The molecule has 0 aliphatic heterocycles. The summed E-state index contributed by atoms with van der Waals surface area (Å²) in [5.41, 5.74) is 0.899. The minimum absolute atomic E-state index is 0.0604. The smallest absolute Gasteiger partial charge is 0.191 e. The molecule has 0 spiro atoms. The van der Waals surface area contributed by atoms with E-state index in [4.69, 9.17) is 21.1 Å². The predicted octanol–water partition coefficient (Wildman–Crippen LogP) is 3.60. The molecule has 2 N–H and O–H groups in total. The first-order valence-electron chi connectivity index (χ1n) is 7.86. The van der Waals surface area contributed by atoms with Crippen LogP contribution in [-0.2, 0) is 6.54 Å². The second kappa shape index (κ2) is 8.87. The predicted molar refractivity (Wildman–Crippen MR) is 96.9 cm³/mol. The zero-order valence-electron chi connectivity index (χ0n) is 14.9. The van der Waals surface area contributed by atoms with Gasteiger partial charge < -0.3 is 20.1 Å². The number of aliphatic imine (C=N–C) groups is 1. The van der Waals surface area contributed by atoms with Crippen LogP contribution in [0.2, 0.25) is 5.02 Å². The summed E-state index contributed by atoms with van der Waals surface area (Å²) in [6.07, 6.45) is 0. The van der Waals surface area contributed by atoms with Gasteiger partial charge in [0.1, 0.15) is 0 Å². The fraction of sp³-hybridized carbons (Fsp3) is 0.588. The van der Waals surface area contributed by atoms with Gasteiger partial charge in [0.25, 0.3) is 0 Å². The molecule has 0 aromatic heterocycles. The van der Waals surface area contributed by atoms with Crippen LogP contribution in [-0.4, -0.2) is 31.8 Å². The zero-order valence-corrected chi connectivity index (χ0v) is 15.7. The van der Waals surface area contributed by atoms with Crippen LogP contribution in [0.4, 0.5) is 0 Å². The Morgan fingerprint density at radius 3 is 2.48 bits per heavy atom. The summed E-state index contributed by atoms with van der Waals surface area (Å²) in [7, 11) is 1.60. The van der Waals surface area contributed by atoms with Crippen molar-refractivity contribution in [2.45, 2.75) is 46.7 Å². The molecule has 0 heterocycles. The van der Waals surface area contributed by atoms with E-state index in [2.05, 4.69) is 36.4 Å². The third-order valence-corrected chi connectivity index (χ3v) is 3.12. The lowest BCUT2D eigenvalue weighted by molar-refractivity contribution is 0.311. The van der Waals surface area contributed by atoms with Crippen molar-refractivity contribution < 1.29 is 9.47 Å². The summed E-state index contributed by atoms with van der Waals surface area (Å²) >= 11 is 6.29. The Bertz CT molecular complexity index is 539. The third-order valence-electron chi connectivity index (χ3n) is 2.84. The number of methoxy groups -OCH3 is 1. The number of halogens is 1. The van der Waals surface area contributed by atoms with Crippen LogP contribution in [0.3, 0.4) is 0 Å². The molecule has 1 rings (SSSR count). The zero-order chi connectivity index (χ0) is 17.5. The summed E-state index contributed by atoms with van der Waals surface area (Å²) in [6, 6.07) is 3.76. The quantitative estimate of drug-likeness (QED) is 0.613. The fourth-order valence-electron chi connectivity index (χ4n) is 1.98. The van der Waals surface area contributed by atoms with Crippen LogP contribution in [0.25, 0.3) is 0 Å². The summed E-state index contributed by atoms with van der Waals surface area (Å²) in [5, 5.41) is 7.12. The number of nitrogens with zero attached hydrogens (tertiary/aromatic N) is 1. The highest BCUT2D eigenvalue weighted by atomic mass is 35.5. The van der Waals surface area contributed by atoms with Gasteiger partial charge >= 0.3 is 0 Å². The lowest BCUT2D eigenvalue weighted by Crippen LogP contribution is -2.47. The molecule has 1 aromatic carbocycles. The van der Waals surface area contributed by atoms with Crippen molar-refractivity contribution in [3.05, 3.63) is 22.7 Å². The maximum Gasteiger partial charge on any atom is 0.191 e. The van der Waals surface area contributed by atoms with Crippen LogP contribution in [0.1, 0.15) is 40.2 Å². The second-order valence-corrected chi connectivity index (χ2v) is 6.52. The molecule has 1 aromatic rings. The minimum atomic E-state index is -0.0604. The van der Waals surface area contributed by atoms with Gasteiger partial charge in [0, 0.05) is 12.1 Å². The number of guanidine groups is 1. The molecule has 0 bridgehead atoms. The Hall–Kier alpha value is -1.62. The highest BCUT2D eigenvalue weighted by Crippen LogP contribution is 2.36. The summed E-state index contributed by atoms with van der Waals surface area (Å²) < 4.78 is 10.9. The van der Waals surface area contributed by atoms with E-state index < -0.39 is 0 Å². The number of hydrogen-bond acceptors (Lipinski definition) is 3. The molecule has 0 saturated carbocycles. The second-order valence-electron chi connectivity index (χ2n) is 6.11. The van der Waals surface area contributed by atoms with Gasteiger partial charge in [-0.2, -0.15) is 0 Å². The van der Waals surface area contributed by atoms with Crippen molar-refractivity contribution in [2.24, 2.45) is 4.99 Å². The van der Waals surface area contributed by atoms with Crippen molar-refractivity contribution in [1.82, 2.24) is 10.6 Å². The van der Waals surface area contributed by atoms with Gasteiger partial charge in [-0.15, -0.1) is 0 Å². The Morgan fingerprint density at radius 1 is 1.26 bits per heavy atom. The van der Waals surface area contributed by atoms with Crippen molar-refractivity contribution >= 4 is 17.6 Å². The molecular weight excluding hydrogens is 314 g/mol. The van der Waals surface area contributed by atoms with Crippen LogP contribution in [0, 0.1) is 0 Å². The lowest BCUT2D eigenvalue weighted by atomic mass is 10.1. The normalized spacial score (nSPS) is 12.0. The fourth-order valence-corrected chi connectivity index (χ4v) is 2.27. The number of hydrogen-bond donors (Lipinski definition) is 2. The summed E-state index contributed by atoms with van der Waals surface area (Å²) in [4.78, 5) is 4.60. The van der Waals surface area contributed by atoms with Crippen LogP contribution >= 0.6 is 11.6 Å². The van der Waals surface area contributed by atoms with Gasteiger partial charge in [-0.25, -0.2) is 4.99 Å². The van der Waals surface area contributed by atoms with Gasteiger partial charge in [-0.05, 0) is 52.3 Å². The van der Waals surface area contributed by atoms with Gasteiger partial charge in [-0.3, -0.25) is 0 Å². The summed E-state index contributed by atoms with van der Waals surface area (Å²) in [6.45, 7) is 12.1. The standard InChI is InChI=1S/C17H28ClN3O2/c1-7-19-16(21-17(3,4)5)20-11-12-9-13(18)15(23-8-2)14(10-12)22-6/h9-10H,7-8,11H2,1-6H3,(H2,19,20,21). The average Bonchev–Trinajstić information content (AvgIpc) is 2.46. The van der Waals surface area contributed by atoms with E-state index in [1.165, 1.54) is 0 Å². The Balaban J connectivity index is 2.98. The Labute approximate surface area is 144 Å². The third kappa shape index (κ3) is 6.57. The van der Waals surface area contributed by atoms with Crippen molar-refractivity contribution in [2.75, 3.05) is 20.3 Å². The first-order valence-corrected chi connectivity index (χ1v) is 8.24. The highest BCUT2D eigenvalue weighted by Gasteiger charge is 2.13. The van der Waals surface area contributed by atoms with Crippen LogP contribution in [0.5, 0.6) is 11.5 Å². The van der Waals surface area contributed by atoms with Gasteiger partial charge in [0.2, 0.25) is 0 Å².